The molecular formula is C38H44N2O5. The van der Waals surface area contributed by atoms with Crippen molar-refractivity contribution in [1.29, 1.82) is 0 Å². The molecule has 7 nitrogen and oxygen atoms in total. The van der Waals surface area contributed by atoms with E-state index in [2.05, 4.69) is 35.6 Å². The Hall–Kier alpha value is -4.17. The number of aryl methyl sites for hydroxylation is 1. The van der Waals surface area contributed by atoms with Gasteiger partial charge < -0.3 is 29.5 Å². The van der Waals surface area contributed by atoms with Gasteiger partial charge in [-0.25, -0.2) is 0 Å². The Morgan fingerprint density at radius 1 is 0.889 bits per heavy atom. The lowest BCUT2D eigenvalue weighted by Crippen LogP contribution is -2.37. The minimum atomic E-state index is -0.662. The number of aliphatic hydroxyl groups excluding tert-OH is 1. The van der Waals surface area contributed by atoms with Gasteiger partial charge in [0.15, 0.2) is 6.61 Å². The van der Waals surface area contributed by atoms with Crippen LogP contribution in [0.2, 0.25) is 0 Å². The quantitative estimate of drug-likeness (QED) is 0.169. The van der Waals surface area contributed by atoms with Crippen LogP contribution >= 0.6 is 0 Å². The number of nitrogens with zero attached hydrogens (tertiary/aromatic N) is 1. The highest BCUT2D eigenvalue weighted by atomic mass is 16.5. The fourth-order valence-corrected chi connectivity index (χ4v) is 5.49. The van der Waals surface area contributed by atoms with Crippen molar-refractivity contribution in [2.24, 2.45) is 0 Å². The first-order valence-electron chi connectivity index (χ1n) is 15.7. The molecule has 4 aromatic carbocycles. The lowest BCUT2D eigenvalue weighted by atomic mass is 9.88. The van der Waals surface area contributed by atoms with Crippen molar-refractivity contribution >= 4 is 5.91 Å². The van der Waals surface area contributed by atoms with Gasteiger partial charge in [-0.05, 0) is 83.3 Å². The molecule has 4 aromatic rings. The van der Waals surface area contributed by atoms with E-state index < -0.39 is 6.10 Å². The molecule has 2 N–H and O–H groups in total. The molecule has 2 atom stereocenters. The third-order valence-electron chi connectivity index (χ3n) is 8.20. The van der Waals surface area contributed by atoms with Crippen LogP contribution in [0.3, 0.4) is 0 Å². The first-order chi connectivity index (χ1) is 21.9. The van der Waals surface area contributed by atoms with E-state index in [1.807, 2.05) is 66.7 Å². The summed E-state index contributed by atoms with van der Waals surface area (Å²) in [6.07, 6.45) is 2.81. The van der Waals surface area contributed by atoms with E-state index in [1.165, 1.54) is 16.0 Å². The Bertz CT molecular complexity index is 1510. The number of nitrogens with one attached hydrogen (secondary N) is 1. The monoisotopic (exact) mass is 608 g/mol. The van der Waals surface area contributed by atoms with Gasteiger partial charge in [-0.15, -0.1) is 0 Å². The molecular weight excluding hydrogens is 564 g/mol. The Labute approximate surface area is 266 Å². The van der Waals surface area contributed by atoms with Crippen LogP contribution in [0.25, 0.3) is 0 Å². The molecule has 1 aliphatic carbocycles. The number of hydrogen-bond acceptors (Lipinski definition) is 6. The molecule has 5 rings (SSSR count). The van der Waals surface area contributed by atoms with Crippen LogP contribution in [0.15, 0.2) is 97.1 Å². The second-order valence-electron chi connectivity index (χ2n) is 11.8. The smallest absolute Gasteiger partial charge is 0.259 e. The van der Waals surface area contributed by atoms with Crippen LogP contribution in [-0.2, 0) is 42.0 Å². The Balaban J connectivity index is 1.18. The molecule has 0 aliphatic heterocycles. The van der Waals surface area contributed by atoms with Crippen LogP contribution in [0, 0.1) is 0 Å². The van der Waals surface area contributed by atoms with Gasteiger partial charge in [0.05, 0.1) is 19.3 Å². The van der Waals surface area contributed by atoms with E-state index in [0.717, 1.165) is 47.3 Å². The van der Waals surface area contributed by atoms with Gasteiger partial charge in [-0.1, -0.05) is 72.8 Å². The summed E-state index contributed by atoms with van der Waals surface area (Å²) >= 11 is 0. The first kappa shape index (κ1) is 32.2. The van der Waals surface area contributed by atoms with Gasteiger partial charge in [0.25, 0.3) is 5.91 Å². The van der Waals surface area contributed by atoms with Crippen molar-refractivity contribution in [2.45, 2.75) is 51.0 Å². The number of carbonyl (C=O) groups excluding carboxylic acids is 1. The summed E-state index contributed by atoms with van der Waals surface area (Å²) in [7, 11) is 3.44. The second-order valence-corrected chi connectivity index (χ2v) is 11.8. The van der Waals surface area contributed by atoms with Gasteiger partial charge in [0.1, 0.15) is 18.1 Å². The summed E-state index contributed by atoms with van der Waals surface area (Å²) < 4.78 is 18.0. The van der Waals surface area contributed by atoms with Crippen molar-refractivity contribution in [2.75, 3.05) is 33.9 Å². The van der Waals surface area contributed by atoms with Crippen molar-refractivity contribution < 1.29 is 24.1 Å². The predicted octanol–water partition coefficient (Wildman–Crippen LogP) is 5.67. The zero-order chi connectivity index (χ0) is 31.4. The highest BCUT2D eigenvalue weighted by Crippen LogP contribution is 2.28. The number of likely N-dealkylation sites (N-methyl/N-ethyl adjacent to an activating group) is 1. The van der Waals surface area contributed by atoms with Crippen molar-refractivity contribution in [1.82, 2.24) is 10.2 Å². The molecule has 7 heteroatoms. The highest BCUT2D eigenvalue weighted by Gasteiger charge is 2.21. The molecule has 0 heterocycles. The van der Waals surface area contributed by atoms with Crippen LogP contribution in [0.1, 0.15) is 45.9 Å². The lowest BCUT2D eigenvalue weighted by molar-refractivity contribution is -0.130. The topological polar surface area (TPSA) is 80.3 Å². The number of ether oxygens (including phenoxy) is 3. The van der Waals surface area contributed by atoms with Gasteiger partial charge in [-0.2, -0.15) is 0 Å². The number of aliphatic hydroxyl groups is 1. The molecule has 236 valence electrons. The molecule has 0 saturated carbocycles. The third-order valence-corrected chi connectivity index (χ3v) is 8.20. The fraction of sp³-hybridized carbons (Fsp3) is 0.342. The maximum Gasteiger partial charge on any atom is 0.259 e. The van der Waals surface area contributed by atoms with Crippen LogP contribution in [0.4, 0.5) is 0 Å². The normalized spacial score (nSPS) is 14.8. The average Bonchev–Trinajstić information content (AvgIpc) is 3.08. The molecule has 0 radical (unpaired) electrons. The minimum Gasteiger partial charge on any atom is -0.489 e. The van der Waals surface area contributed by atoms with E-state index in [9.17, 15) is 9.90 Å². The Morgan fingerprint density at radius 3 is 2.36 bits per heavy atom. The molecule has 1 aliphatic rings. The molecule has 1 amide bonds. The maximum absolute atomic E-state index is 11.9. The van der Waals surface area contributed by atoms with Crippen LogP contribution < -0.4 is 14.8 Å². The summed E-state index contributed by atoms with van der Waals surface area (Å²) in [4.78, 5) is 13.5. The summed E-state index contributed by atoms with van der Waals surface area (Å²) in [6.45, 7) is 2.05. The van der Waals surface area contributed by atoms with Crippen molar-refractivity contribution in [3.63, 3.8) is 0 Å². The first-order valence-corrected chi connectivity index (χ1v) is 15.7. The Kier molecular flexibility index (Phi) is 11.6. The highest BCUT2D eigenvalue weighted by molar-refractivity contribution is 5.77. The molecule has 45 heavy (non-hydrogen) atoms. The van der Waals surface area contributed by atoms with Crippen LogP contribution in [0.5, 0.6) is 11.5 Å². The maximum atomic E-state index is 11.9. The minimum absolute atomic E-state index is 0.0247. The number of rotatable bonds is 15. The number of hydrogen-bond donors (Lipinski definition) is 2. The van der Waals surface area contributed by atoms with E-state index >= 15 is 0 Å². The largest absolute Gasteiger partial charge is 0.489 e. The zero-order valence-electron chi connectivity index (χ0n) is 26.3. The van der Waals surface area contributed by atoms with Crippen molar-refractivity contribution in [3.8, 4) is 11.5 Å². The summed E-state index contributed by atoms with van der Waals surface area (Å²) in [5, 5.41) is 14.8. The molecule has 0 spiro atoms. The molecule has 0 bridgehead atoms. The SMILES string of the molecule is CN(C)C(=O)COc1ccc2c(c1)C[C@@H](NCC(O)c1ccc(OCc3ccccc3)c(CCOCc3ccccc3)c1)CC2. The number of fused-ring (bicyclic) bond motifs is 1. The number of amides is 1. The molecule has 0 aromatic heterocycles. The predicted molar refractivity (Wildman–Crippen MR) is 176 cm³/mol. The number of carbonyl (C=O) groups is 1. The van der Waals surface area contributed by atoms with E-state index in [4.69, 9.17) is 14.2 Å². The van der Waals surface area contributed by atoms with E-state index in [-0.39, 0.29) is 18.6 Å². The standard InChI is InChI=1S/C38H44N2O5/c1-40(2)38(42)27-44-35-17-14-30-13-16-34(22-33(30)23-35)39-24-36(41)31-15-18-37(45-26-29-11-7-4-8-12-29)32(21-31)19-20-43-25-28-9-5-3-6-10-28/h3-12,14-15,17-18,21,23,34,36,39,41H,13,16,19-20,22,24-27H2,1-2H3/t34-,36?/m0/s1. The summed E-state index contributed by atoms with van der Waals surface area (Å²) in [6, 6.07) is 32.6. The Morgan fingerprint density at radius 2 is 1.62 bits per heavy atom. The summed E-state index contributed by atoms with van der Waals surface area (Å²) in [5.74, 6) is 1.44. The van der Waals surface area contributed by atoms with E-state index in [0.29, 0.717) is 38.5 Å². The number of benzene rings is 4. The zero-order valence-corrected chi connectivity index (χ0v) is 26.3. The lowest BCUT2D eigenvalue weighted by Gasteiger charge is -2.27. The summed E-state index contributed by atoms with van der Waals surface area (Å²) in [5.41, 5.74) is 6.65. The fourth-order valence-electron chi connectivity index (χ4n) is 5.49. The van der Waals surface area contributed by atoms with Gasteiger partial charge in [0.2, 0.25) is 0 Å². The second kappa shape index (κ2) is 16.2. The molecule has 1 unspecified atom stereocenters. The van der Waals surface area contributed by atoms with Crippen LogP contribution in [-0.4, -0.2) is 55.8 Å². The van der Waals surface area contributed by atoms with Gasteiger partial charge in [-0.3, -0.25) is 4.79 Å². The van der Waals surface area contributed by atoms with Gasteiger partial charge in [0, 0.05) is 26.7 Å². The molecule has 0 fully saturated rings. The van der Waals surface area contributed by atoms with Gasteiger partial charge >= 0.3 is 0 Å². The third kappa shape index (κ3) is 9.66. The van der Waals surface area contributed by atoms with Crippen molar-refractivity contribution in [3.05, 3.63) is 130 Å². The molecule has 0 saturated heterocycles. The van der Waals surface area contributed by atoms with E-state index in [1.54, 1.807) is 14.1 Å². The average molecular weight is 609 g/mol.